The molecule has 0 bridgehead atoms. The van der Waals surface area contributed by atoms with Crippen LogP contribution < -0.4 is 11.1 Å². The molecule has 3 aromatic rings. The van der Waals surface area contributed by atoms with Crippen molar-refractivity contribution < 1.29 is 18.7 Å². The molecule has 1 atom stereocenters. The standard InChI is InChI=1S/C21H19ClFN5O3S/c22-15-4-2-12(5-6-29)8-17(15)32-18(9-19-27-28-21(25)31-19)20(30)26-11-14-3-1-13(10-24)7-16(14)23/h1-4,7-8,18,29H,5-6,9,11H2,(H2,25,28)(H,26,30). The Kier molecular flexibility index (Phi) is 8.05. The SMILES string of the molecule is N#Cc1ccc(CNC(=O)C(Cc2nnc(N)o2)Sc2cc(CCO)ccc2Cl)c(F)c1. The van der Waals surface area contributed by atoms with E-state index in [0.717, 1.165) is 11.6 Å². The minimum Gasteiger partial charge on any atom is -0.408 e. The highest BCUT2D eigenvalue weighted by Crippen LogP contribution is 2.33. The number of rotatable bonds is 9. The second-order valence-corrected chi connectivity index (χ2v) is 8.37. The number of nitrogens with two attached hydrogens (primary N) is 1. The fourth-order valence-corrected chi connectivity index (χ4v) is 4.20. The van der Waals surface area contributed by atoms with Gasteiger partial charge in [0.2, 0.25) is 11.8 Å². The number of hydrogen-bond acceptors (Lipinski definition) is 8. The van der Waals surface area contributed by atoms with Gasteiger partial charge in [-0.1, -0.05) is 28.8 Å². The van der Waals surface area contributed by atoms with Gasteiger partial charge in [0.25, 0.3) is 0 Å². The average Bonchev–Trinajstić information content (AvgIpc) is 3.19. The number of halogens is 2. The summed E-state index contributed by atoms with van der Waals surface area (Å²) in [5, 5.41) is 27.9. The van der Waals surface area contributed by atoms with Crippen molar-refractivity contribution in [3.8, 4) is 6.07 Å². The predicted molar refractivity (Wildman–Crippen MR) is 117 cm³/mol. The van der Waals surface area contributed by atoms with Crippen LogP contribution >= 0.6 is 23.4 Å². The molecule has 0 saturated carbocycles. The Hall–Kier alpha value is -3.13. The number of benzene rings is 2. The summed E-state index contributed by atoms with van der Waals surface area (Å²) in [6.07, 6.45) is 0.511. The number of hydrogen-bond donors (Lipinski definition) is 3. The van der Waals surface area contributed by atoms with Crippen LogP contribution in [0, 0.1) is 17.1 Å². The molecule has 3 rings (SSSR count). The molecule has 11 heteroatoms. The van der Waals surface area contributed by atoms with E-state index in [1.54, 1.807) is 18.2 Å². The summed E-state index contributed by atoms with van der Waals surface area (Å²) in [6, 6.07) is 11.1. The number of carbonyl (C=O) groups is 1. The van der Waals surface area contributed by atoms with Gasteiger partial charge in [-0.15, -0.1) is 16.9 Å². The van der Waals surface area contributed by atoms with Crippen molar-refractivity contribution >= 4 is 35.3 Å². The van der Waals surface area contributed by atoms with E-state index in [1.807, 2.05) is 6.07 Å². The summed E-state index contributed by atoms with van der Waals surface area (Å²) in [5.41, 5.74) is 6.77. The fraction of sp³-hybridized carbons (Fsp3) is 0.238. The normalized spacial score (nSPS) is 11.7. The van der Waals surface area contributed by atoms with Gasteiger partial charge >= 0.3 is 6.01 Å². The van der Waals surface area contributed by atoms with Gasteiger partial charge in [-0.25, -0.2) is 4.39 Å². The van der Waals surface area contributed by atoms with E-state index in [9.17, 15) is 14.3 Å². The molecule has 1 amide bonds. The number of aromatic nitrogens is 2. The number of nitriles is 1. The Morgan fingerprint density at radius 1 is 1.34 bits per heavy atom. The first-order valence-corrected chi connectivity index (χ1v) is 10.8. The van der Waals surface area contributed by atoms with Gasteiger partial charge in [-0.2, -0.15) is 5.26 Å². The van der Waals surface area contributed by atoms with Gasteiger partial charge in [-0.05, 0) is 36.2 Å². The molecule has 1 heterocycles. The summed E-state index contributed by atoms with van der Waals surface area (Å²) in [5.74, 6) is -0.820. The number of nitrogens with one attached hydrogen (secondary N) is 1. The minimum absolute atomic E-state index is 0.0208. The minimum atomic E-state index is -0.738. The van der Waals surface area contributed by atoms with Crippen molar-refractivity contribution in [1.82, 2.24) is 15.5 Å². The second kappa shape index (κ2) is 10.9. The average molecular weight is 476 g/mol. The zero-order valence-corrected chi connectivity index (χ0v) is 18.3. The summed E-state index contributed by atoms with van der Waals surface area (Å²) >= 11 is 7.49. The number of thioether (sulfide) groups is 1. The van der Waals surface area contributed by atoms with Gasteiger partial charge in [0.1, 0.15) is 5.82 Å². The lowest BCUT2D eigenvalue weighted by atomic mass is 10.1. The maximum absolute atomic E-state index is 14.2. The molecule has 0 aliphatic rings. The molecule has 0 aliphatic carbocycles. The monoisotopic (exact) mass is 475 g/mol. The largest absolute Gasteiger partial charge is 0.408 e. The third-order valence-electron chi connectivity index (χ3n) is 4.44. The van der Waals surface area contributed by atoms with Crippen molar-refractivity contribution in [2.75, 3.05) is 12.3 Å². The third kappa shape index (κ3) is 6.20. The number of amides is 1. The lowest BCUT2D eigenvalue weighted by molar-refractivity contribution is -0.120. The van der Waals surface area contributed by atoms with Crippen LogP contribution in [0.1, 0.15) is 22.6 Å². The van der Waals surface area contributed by atoms with Crippen LogP contribution in [0.3, 0.4) is 0 Å². The molecule has 166 valence electrons. The number of nitrogen functional groups attached to an aromatic ring is 1. The van der Waals surface area contributed by atoms with Gasteiger partial charge in [0.05, 0.1) is 21.9 Å². The number of nitrogens with zero attached hydrogens (tertiary/aromatic N) is 3. The van der Waals surface area contributed by atoms with Crippen LogP contribution in [0.25, 0.3) is 0 Å². The predicted octanol–water partition coefficient (Wildman–Crippen LogP) is 2.87. The Morgan fingerprint density at radius 3 is 2.81 bits per heavy atom. The molecule has 0 radical (unpaired) electrons. The zero-order chi connectivity index (χ0) is 23.1. The Labute approximate surface area is 192 Å². The van der Waals surface area contributed by atoms with Crippen LogP contribution in [0.5, 0.6) is 0 Å². The molecule has 0 fully saturated rings. The summed E-state index contributed by atoms with van der Waals surface area (Å²) in [7, 11) is 0. The van der Waals surface area contributed by atoms with Gasteiger partial charge in [-0.3, -0.25) is 4.79 Å². The molecule has 2 aromatic carbocycles. The van der Waals surface area contributed by atoms with Gasteiger partial charge < -0.3 is 20.6 Å². The van der Waals surface area contributed by atoms with Crippen LogP contribution in [-0.2, 0) is 24.2 Å². The van der Waals surface area contributed by atoms with E-state index in [1.165, 1.54) is 23.9 Å². The third-order valence-corrected chi connectivity index (χ3v) is 6.13. The van der Waals surface area contributed by atoms with Crippen LogP contribution in [0.15, 0.2) is 45.7 Å². The molecule has 0 saturated heterocycles. The van der Waals surface area contributed by atoms with Crippen LogP contribution in [0.2, 0.25) is 5.02 Å². The van der Waals surface area contributed by atoms with E-state index >= 15 is 0 Å². The molecule has 4 N–H and O–H groups in total. The number of carbonyl (C=O) groups excluding carboxylic acids is 1. The van der Waals surface area contributed by atoms with Crippen molar-refractivity contribution in [3.63, 3.8) is 0 Å². The molecule has 1 unspecified atom stereocenters. The summed E-state index contributed by atoms with van der Waals surface area (Å²) in [6.45, 7) is -0.0925. The number of aliphatic hydroxyl groups excluding tert-OH is 1. The maximum Gasteiger partial charge on any atom is 0.312 e. The van der Waals surface area contributed by atoms with Gasteiger partial charge in [0, 0.05) is 30.0 Å². The van der Waals surface area contributed by atoms with E-state index in [-0.39, 0.29) is 42.6 Å². The van der Waals surface area contributed by atoms with Crippen molar-refractivity contribution in [2.45, 2.75) is 29.5 Å². The topological polar surface area (TPSA) is 138 Å². The first kappa shape index (κ1) is 23.5. The van der Waals surface area contributed by atoms with Gasteiger partial charge in [0.15, 0.2) is 0 Å². The maximum atomic E-state index is 14.2. The highest BCUT2D eigenvalue weighted by molar-refractivity contribution is 8.00. The molecule has 8 nitrogen and oxygen atoms in total. The molecular weight excluding hydrogens is 457 g/mol. The van der Waals surface area contributed by atoms with Crippen molar-refractivity contribution in [1.29, 1.82) is 5.26 Å². The highest BCUT2D eigenvalue weighted by atomic mass is 35.5. The van der Waals surface area contributed by atoms with E-state index in [0.29, 0.717) is 16.3 Å². The first-order chi connectivity index (χ1) is 15.4. The Bertz CT molecular complexity index is 1150. The number of aliphatic hydroxyl groups is 1. The molecule has 32 heavy (non-hydrogen) atoms. The van der Waals surface area contributed by atoms with E-state index in [2.05, 4.69) is 15.5 Å². The summed E-state index contributed by atoms with van der Waals surface area (Å²) < 4.78 is 19.4. The molecule has 1 aromatic heterocycles. The van der Waals surface area contributed by atoms with Crippen LogP contribution in [0.4, 0.5) is 10.4 Å². The highest BCUT2D eigenvalue weighted by Gasteiger charge is 2.24. The summed E-state index contributed by atoms with van der Waals surface area (Å²) in [4.78, 5) is 13.6. The zero-order valence-electron chi connectivity index (χ0n) is 16.7. The van der Waals surface area contributed by atoms with Crippen molar-refractivity contribution in [3.05, 3.63) is 69.8 Å². The van der Waals surface area contributed by atoms with E-state index < -0.39 is 17.0 Å². The Balaban J connectivity index is 1.78. The lowest BCUT2D eigenvalue weighted by Gasteiger charge is -2.17. The van der Waals surface area contributed by atoms with Crippen LogP contribution in [-0.4, -0.2) is 33.1 Å². The Morgan fingerprint density at radius 2 is 2.16 bits per heavy atom. The molecular formula is C21H19ClFN5O3S. The van der Waals surface area contributed by atoms with E-state index in [4.69, 9.17) is 27.0 Å². The lowest BCUT2D eigenvalue weighted by Crippen LogP contribution is -2.34. The number of anilines is 1. The van der Waals surface area contributed by atoms with Crippen molar-refractivity contribution in [2.24, 2.45) is 0 Å². The molecule has 0 aliphatic heterocycles. The first-order valence-electron chi connectivity index (χ1n) is 9.49. The quantitative estimate of drug-likeness (QED) is 0.401. The second-order valence-electron chi connectivity index (χ2n) is 6.72. The molecule has 0 spiro atoms. The fourth-order valence-electron chi connectivity index (χ4n) is 2.83. The smallest absolute Gasteiger partial charge is 0.312 e.